The summed E-state index contributed by atoms with van der Waals surface area (Å²) >= 11 is 0. The smallest absolute Gasteiger partial charge is 0.221 e. The van der Waals surface area contributed by atoms with E-state index in [9.17, 15) is 4.79 Å². The summed E-state index contributed by atoms with van der Waals surface area (Å²) in [5.74, 6) is 1.00. The number of hydrogen-bond acceptors (Lipinski definition) is 3. The molecule has 2 rings (SSSR count). The highest BCUT2D eigenvalue weighted by molar-refractivity contribution is 5.76. The third kappa shape index (κ3) is 3.69. The summed E-state index contributed by atoms with van der Waals surface area (Å²) in [4.78, 5) is 14.4. The quantitative estimate of drug-likeness (QED) is 0.793. The fourth-order valence-corrected chi connectivity index (χ4v) is 3.94. The molecular weight excluding hydrogens is 238 g/mol. The van der Waals surface area contributed by atoms with Gasteiger partial charge in [0.2, 0.25) is 5.91 Å². The molecule has 1 aliphatic heterocycles. The number of piperidine rings is 1. The van der Waals surface area contributed by atoms with Crippen LogP contribution in [0.4, 0.5) is 0 Å². The number of likely N-dealkylation sites (tertiary alicyclic amines) is 1. The van der Waals surface area contributed by atoms with Crippen molar-refractivity contribution in [3.05, 3.63) is 0 Å². The van der Waals surface area contributed by atoms with Gasteiger partial charge < -0.3 is 11.1 Å². The molecule has 1 saturated carbocycles. The van der Waals surface area contributed by atoms with E-state index in [0.717, 1.165) is 12.5 Å². The second-order valence-corrected chi connectivity index (χ2v) is 6.04. The van der Waals surface area contributed by atoms with Gasteiger partial charge in [0.05, 0.1) is 0 Å². The van der Waals surface area contributed by atoms with Crippen LogP contribution >= 0.6 is 0 Å². The van der Waals surface area contributed by atoms with Gasteiger partial charge in [-0.15, -0.1) is 0 Å². The standard InChI is InChI=1S/C15H29N3O/c1-2-17-15(19)10-13(11-16)18-9-5-7-12-6-3-4-8-14(12)18/h12-14H,2-11,16H2,1H3,(H,17,19). The molecule has 3 unspecified atom stereocenters. The molecule has 4 heteroatoms. The third-order valence-corrected chi connectivity index (χ3v) is 4.82. The molecule has 1 heterocycles. The molecule has 4 nitrogen and oxygen atoms in total. The van der Waals surface area contributed by atoms with E-state index < -0.39 is 0 Å². The molecule has 0 radical (unpaired) electrons. The SMILES string of the molecule is CCNC(=O)CC(CN)N1CCCC2CCCCC21. The van der Waals surface area contributed by atoms with Crippen molar-refractivity contribution in [3.63, 3.8) is 0 Å². The van der Waals surface area contributed by atoms with Crippen molar-refractivity contribution in [2.75, 3.05) is 19.6 Å². The van der Waals surface area contributed by atoms with Gasteiger partial charge in [-0.2, -0.15) is 0 Å². The van der Waals surface area contributed by atoms with Crippen LogP contribution in [0.1, 0.15) is 51.9 Å². The molecule has 3 N–H and O–H groups in total. The Bertz CT molecular complexity index is 293. The highest BCUT2D eigenvalue weighted by Gasteiger charge is 2.36. The van der Waals surface area contributed by atoms with Crippen LogP contribution in [0, 0.1) is 5.92 Å². The molecule has 0 spiro atoms. The summed E-state index contributed by atoms with van der Waals surface area (Å²) in [6.45, 7) is 4.40. The molecule has 19 heavy (non-hydrogen) atoms. The van der Waals surface area contributed by atoms with E-state index in [-0.39, 0.29) is 11.9 Å². The zero-order chi connectivity index (χ0) is 13.7. The Hall–Kier alpha value is -0.610. The lowest BCUT2D eigenvalue weighted by atomic mass is 9.77. The summed E-state index contributed by atoms with van der Waals surface area (Å²) in [6.07, 6.45) is 8.62. The van der Waals surface area contributed by atoms with Crippen LogP contribution in [0.25, 0.3) is 0 Å². The zero-order valence-electron chi connectivity index (χ0n) is 12.2. The highest BCUT2D eigenvalue weighted by atomic mass is 16.1. The minimum absolute atomic E-state index is 0.149. The van der Waals surface area contributed by atoms with Gasteiger partial charge in [-0.3, -0.25) is 9.69 Å². The van der Waals surface area contributed by atoms with E-state index in [0.29, 0.717) is 25.6 Å². The van der Waals surface area contributed by atoms with Crippen LogP contribution in [0.3, 0.4) is 0 Å². The van der Waals surface area contributed by atoms with Gasteiger partial charge in [0, 0.05) is 31.6 Å². The molecule has 0 aromatic heterocycles. The van der Waals surface area contributed by atoms with E-state index >= 15 is 0 Å². The highest BCUT2D eigenvalue weighted by Crippen LogP contribution is 2.36. The average Bonchev–Trinajstić information content (AvgIpc) is 2.44. The number of amides is 1. The fourth-order valence-electron chi connectivity index (χ4n) is 3.94. The zero-order valence-corrected chi connectivity index (χ0v) is 12.2. The van der Waals surface area contributed by atoms with E-state index in [1.54, 1.807) is 0 Å². The van der Waals surface area contributed by atoms with Gasteiger partial charge in [-0.25, -0.2) is 0 Å². The number of carbonyl (C=O) groups excluding carboxylic acids is 1. The fraction of sp³-hybridized carbons (Fsp3) is 0.933. The number of fused-ring (bicyclic) bond motifs is 1. The van der Waals surface area contributed by atoms with E-state index in [1.807, 2.05) is 6.92 Å². The molecule has 1 saturated heterocycles. The van der Waals surface area contributed by atoms with Gasteiger partial charge in [0.15, 0.2) is 0 Å². The second kappa shape index (κ2) is 7.25. The van der Waals surface area contributed by atoms with Crippen molar-refractivity contribution in [2.24, 2.45) is 11.7 Å². The Morgan fingerprint density at radius 3 is 2.79 bits per heavy atom. The Balaban J connectivity index is 1.97. The number of nitrogens with two attached hydrogens (primary N) is 1. The summed E-state index contributed by atoms with van der Waals surface area (Å²) in [7, 11) is 0. The first-order valence-electron chi connectivity index (χ1n) is 7.98. The molecule has 0 aromatic rings. The monoisotopic (exact) mass is 267 g/mol. The molecule has 1 aliphatic carbocycles. The first kappa shape index (κ1) is 14.8. The maximum Gasteiger partial charge on any atom is 0.221 e. The topological polar surface area (TPSA) is 58.4 Å². The number of rotatable bonds is 5. The lowest BCUT2D eigenvalue weighted by Gasteiger charge is -2.47. The van der Waals surface area contributed by atoms with Crippen LogP contribution in [0.15, 0.2) is 0 Å². The summed E-state index contributed by atoms with van der Waals surface area (Å²) < 4.78 is 0. The van der Waals surface area contributed by atoms with Gasteiger partial charge in [0.25, 0.3) is 0 Å². The summed E-state index contributed by atoms with van der Waals surface area (Å²) in [5, 5.41) is 2.90. The molecule has 2 fully saturated rings. The molecule has 0 aromatic carbocycles. The number of nitrogens with zero attached hydrogens (tertiary/aromatic N) is 1. The van der Waals surface area contributed by atoms with Crippen molar-refractivity contribution < 1.29 is 4.79 Å². The minimum atomic E-state index is 0.149. The van der Waals surface area contributed by atoms with Crippen LogP contribution in [0.2, 0.25) is 0 Å². The normalized spacial score (nSPS) is 29.6. The van der Waals surface area contributed by atoms with Crippen LogP contribution in [-0.2, 0) is 4.79 Å². The van der Waals surface area contributed by atoms with Gasteiger partial charge in [-0.1, -0.05) is 12.8 Å². The van der Waals surface area contributed by atoms with Crippen molar-refractivity contribution in [2.45, 2.75) is 64.0 Å². The molecule has 0 bridgehead atoms. The number of carbonyl (C=O) groups is 1. The van der Waals surface area contributed by atoms with Gasteiger partial charge in [0.1, 0.15) is 0 Å². The molecule has 2 aliphatic rings. The van der Waals surface area contributed by atoms with E-state index in [4.69, 9.17) is 5.73 Å². The van der Waals surface area contributed by atoms with Crippen LogP contribution in [0.5, 0.6) is 0 Å². The first-order chi connectivity index (χ1) is 9.26. The van der Waals surface area contributed by atoms with Crippen molar-refractivity contribution in [3.8, 4) is 0 Å². The van der Waals surface area contributed by atoms with Crippen molar-refractivity contribution in [1.29, 1.82) is 0 Å². The largest absolute Gasteiger partial charge is 0.356 e. The van der Waals surface area contributed by atoms with E-state index in [2.05, 4.69) is 10.2 Å². The lowest BCUT2D eigenvalue weighted by Crippen LogP contribution is -2.54. The van der Waals surface area contributed by atoms with Gasteiger partial charge >= 0.3 is 0 Å². The minimum Gasteiger partial charge on any atom is -0.356 e. The van der Waals surface area contributed by atoms with Crippen molar-refractivity contribution >= 4 is 5.91 Å². The van der Waals surface area contributed by atoms with Crippen molar-refractivity contribution in [1.82, 2.24) is 10.2 Å². The maximum atomic E-state index is 11.8. The third-order valence-electron chi connectivity index (χ3n) is 4.82. The van der Waals surface area contributed by atoms with Crippen LogP contribution < -0.4 is 11.1 Å². The molecule has 110 valence electrons. The average molecular weight is 267 g/mol. The molecular formula is C15H29N3O. The number of hydrogen-bond donors (Lipinski definition) is 2. The lowest BCUT2D eigenvalue weighted by molar-refractivity contribution is -0.122. The Morgan fingerprint density at radius 2 is 2.05 bits per heavy atom. The second-order valence-electron chi connectivity index (χ2n) is 6.04. The summed E-state index contributed by atoms with van der Waals surface area (Å²) in [6, 6.07) is 0.919. The Kier molecular flexibility index (Phi) is 5.64. The van der Waals surface area contributed by atoms with E-state index in [1.165, 1.54) is 38.5 Å². The molecule has 3 atom stereocenters. The number of nitrogens with one attached hydrogen (secondary N) is 1. The predicted molar refractivity (Wildman–Crippen MR) is 77.8 cm³/mol. The maximum absolute atomic E-state index is 11.8. The summed E-state index contributed by atoms with van der Waals surface area (Å²) in [5.41, 5.74) is 5.95. The van der Waals surface area contributed by atoms with Crippen LogP contribution in [-0.4, -0.2) is 42.5 Å². The Morgan fingerprint density at radius 1 is 1.32 bits per heavy atom. The van der Waals surface area contributed by atoms with Gasteiger partial charge in [-0.05, 0) is 45.1 Å². The molecule has 1 amide bonds. The predicted octanol–water partition coefficient (Wildman–Crippen LogP) is 1.49. The first-order valence-corrected chi connectivity index (χ1v) is 7.98. The Labute approximate surface area is 117 Å².